The van der Waals surface area contributed by atoms with Gasteiger partial charge in [-0.15, -0.1) is 0 Å². The number of hydrogen-bond donors (Lipinski definition) is 0. The Bertz CT molecular complexity index is 2230. The lowest BCUT2D eigenvalue weighted by molar-refractivity contribution is 1.24. The van der Waals surface area contributed by atoms with Gasteiger partial charge in [0.05, 0.1) is 11.4 Å². The van der Waals surface area contributed by atoms with Gasteiger partial charge in [-0.2, -0.15) is 0 Å². The van der Waals surface area contributed by atoms with Gasteiger partial charge >= 0.3 is 0 Å². The van der Waals surface area contributed by atoms with E-state index in [1.165, 1.54) is 21.5 Å². The molecule has 0 unspecified atom stereocenters. The Hall–Kier alpha value is -6.22. The van der Waals surface area contributed by atoms with Crippen molar-refractivity contribution >= 4 is 43.1 Å². The van der Waals surface area contributed by atoms with Gasteiger partial charge in [-0.3, -0.25) is 9.97 Å². The zero-order valence-corrected chi connectivity index (χ0v) is 23.8. The van der Waals surface area contributed by atoms with Crippen molar-refractivity contribution in [2.75, 3.05) is 0 Å². The number of pyridine rings is 2. The van der Waals surface area contributed by atoms with E-state index in [0.29, 0.717) is 0 Å². The van der Waals surface area contributed by atoms with E-state index in [4.69, 9.17) is 0 Å². The zero-order valence-electron chi connectivity index (χ0n) is 23.8. The molecule has 2 nitrogen and oxygen atoms in total. The first kappa shape index (κ1) is 25.5. The van der Waals surface area contributed by atoms with Crippen LogP contribution in [0, 0.1) is 23.7 Å². The molecule has 8 aromatic rings. The van der Waals surface area contributed by atoms with E-state index in [9.17, 15) is 0 Å². The van der Waals surface area contributed by atoms with Gasteiger partial charge in [-0.25, -0.2) is 0 Å². The van der Waals surface area contributed by atoms with Crippen molar-refractivity contribution in [2.45, 2.75) is 0 Å². The molecule has 6 aromatic carbocycles. The highest BCUT2D eigenvalue weighted by Crippen LogP contribution is 2.29. The second kappa shape index (κ2) is 10.9. The lowest BCUT2D eigenvalue weighted by Gasteiger charge is -2.07. The minimum atomic E-state index is 0.763. The minimum Gasteiger partial charge on any atom is -0.255 e. The Morgan fingerprint density at radius 2 is 0.682 bits per heavy atom. The molecule has 0 saturated carbocycles. The molecule has 2 heteroatoms. The summed E-state index contributed by atoms with van der Waals surface area (Å²) in [7, 11) is 0. The molecule has 0 N–H and O–H groups in total. The van der Waals surface area contributed by atoms with Gasteiger partial charge in [-0.05, 0) is 79.5 Å². The van der Waals surface area contributed by atoms with Crippen LogP contribution in [-0.2, 0) is 0 Å². The third kappa shape index (κ3) is 4.72. The highest BCUT2D eigenvalue weighted by molar-refractivity contribution is 6.05. The number of hydrogen-bond acceptors (Lipinski definition) is 2. The quantitative estimate of drug-likeness (QED) is 0.149. The summed E-state index contributed by atoms with van der Waals surface area (Å²) < 4.78 is 0. The highest BCUT2D eigenvalue weighted by Gasteiger charge is 2.08. The maximum atomic E-state index is 4.63. The number of rotatable bonds is 1. The molecule has 0 saturated heterocycles. The molecule has 0 aliphatic heterocycles. The van der Waals surface area contributed by atoms with Crippen LogP contribution in [0.1, 0.15) is 22.3 Å². The van der Waals surface area contributed by atoms with Crippen LogP contribution in [0.3, 0.4) is 0 Å². The smallest absolute Gasteiger partial charge is 0.0898 e. The van der Waals surface area contributed by atoms with Crippen LogP contribution in [0.25, 0.3) is 54.5 Å². The van der Waals surface area contributed by atoms with Crippen molar-refractivity contribution in [1.82, 2.24) is 9.97 Å². The SMILES string of the molecule is C(#Cc1c2ccccc2cc2ccccc12)c1ccnc(-c2cc(C#Cc3c4ccccc4cc4ccccc34)ccn2)c1. The van der Waals surface area contributed by atoms with Gasteiger partial charge in [0.1, 0.15) is 0 Å². The predicted octanol–water partition coefficient (Wildman–Crippen LogP) is 9.56. The second-order valence-electron chi connectivity index (χ2n) is 10.7. The maximum Gasteiger partial charge on any atom is 0.0898 e. The lowest BCUT2D eigenvalue weighted by Crippen LogP contribution is -1.90. The van der Waals surface area contributed by atoms with Crippen LogP contribution in [0.5, 0.6) is 0 Å². The molecule has 202 valence electrons. The Morgan fingerprint density at radius 3 is 1.05 bits per heavy atom. The molecule has 0 atom stereocenters. The summed E-state index contributed by atoms with van der Waals surface area (Å²) in [5, 5.41) is 9.35. The number of fused-ring (bicyclic) bond motifs is 4. The predicted molar refractivity (Wildman–Crippen MR) is 182 cm³/mol. The van der Waals surface area contributed by atoms with Crippen molar-refractivity contribution < 1.29 is 0 Å². The van der Waals surface area contributed by atoms with E-state index in [-0.39, 0.29) is 0 Å². The van der Waals surface area contributed by atoms with E-state index in [1.54, 1.807) is 12.4 Å². The van der Waals surface area contributed by atoms with E-state index in [1.807, 2.05) is 24.3 Å². The fourth-order valence-corrected chi connectivity index (χ4v) is 5.86. The van der Waals surface area contributed by atoms with Gasteiger partial charge in [0.15, 0.2) is 0 Å². The van der Waals surface area contributed by atoms with E-state index >= 15 is 0 Å². The van der Waals surface area contributed by atoms with Gasteiger partial charge < -0.3 is 0 Å². The molecule has 0 spiro atoms. The fraction of sp³-hybridized carbons (Fsp3) is 0. The first-order valence-corrected chi connectivity index (χ1v) is 14.6. The topological polar surface area (TPSA) is 25.8 Å². The normalized spacial score (nSPS) is 10.8. The van der Waals surface area contributed by atoms with Crippen molar-refractivity contribution in [2.24, 2.45) is 0 Å². The molecule has 8 rings (SSSR count). The van der Waals surface area contributed by atoms with E-state index in [0.717, 1.165) is 55.2 Å². The molecule has 2 heterocycles. The summed E-state index contributed by atoms with van der Waals surface area (Å²) >= 11 is 0. The highest BCUT2D eigenvalue weighted by atomic mass is 14.8. The number of benzene rings is 6. The molecule has 0 bridgehead atoms. The van der Waals surface area contributed by atoms with Crippen LogP contribution in [0.4, 0.5) is 0 Å². The minimum absolute atomic E-state index is 0.763. The summed E-state index contributed by atoms with van der Waals surface area (Å²) in [6, 6.07) is 46.0. The van der Waals surface area contributed by atoms with Gasteiger partial charge in [0.25, 0.3) is 0 Å². The van der Waals surface area contributed by atoms with Gasteiger partial charge in [0.2, 0.25) is 0 Å². The molecule has 0 amide bonds. The molecular formula is C42H24N2. The Kier molecular flexibility index (Phi) is 6.30. The largest absolute Gasteiger partial charge is 0.255 e. The van der Waals surface area contributed by atoms with Crippen LogP contribution >= 0.6 is 0 Å². The van der Waals surface area contributed by atoms with Crippen LogP contribution < -0.4 is 0 Å². The monoisotopic (exact) mass is 556 g/mol. The van der Waals surface area contributed by atoms with E-state index < -0.39 is 0 Å². The van der Waals surface area contributed by atoms with Gasteiger partial charge in [0, 0.05) is 34.6 Å². The number of aromatic nitrogens is 2. The molecular weight excluding hydrogens is 532 g/mol. The summed E-state index contributed by atoms with van der Waals surface area (Å²) in [4.78, 5) is 9.25. The van der Waals surface area contributed by atoms with Crippen molar-refractivity contribution in [3.63, 3.8) is 0 Å². The maximum absolute atomic E-state index is 4.63. The van der Waals surface area contributed by atoms with Crippen molar-refractivity contribution in [3.05, 3.63) is 168 Å². The van der Waals surface area contributed by atoms with Crippen LogP contribution in [0.15, 0.2) is 146 Å². The van der Waals surface area contributed by atoms with Crippen LogP contribution in [0.2, 0.25) is 0 Å². The molecule has 0 aliphatic rings. The average Bonchev–Trinajstić information content (AvgIpc) is 3.08. The summed E-state index contributed by atoms with van der Waals surface area (Å²) in [6.45, 7) is 0. The van der Waals surface area contributed by atoms with Gasteiger partial charge in [-0.1, -0.05) is 121 Å². The Labute approximate surface area is 255 Å². The van der Waals surface area contributed by atoms with Crippen LogP contribution in [-0.4, -0.2) is 9.97 Å². The Morgan fingerprint density at radius 1 is 0.341 bits per heavy atom. The summed E-state index contributed by atoms with van der Waals surface area (Å²) in [5.74, 6) is 13.8. The molecule has 0 aliphatic carbocycles. The Balaban J connectivity index is 1.17. The van der Waals surface area contributed by atoms with Crippen molar-refractivity contribution in [3.8, 4) is 35.1 Å². The standard InChI is InChI=1S/C42H24N2/c1-5-13-35-31(9-1)27-32-10-2-6-14-36(32)39(35)19-17-29-21-23-43-41(25-29)42-26-30(22-24-44-42)18-20-40-37-15-7-3-11-33(37)28-34-12-4-8-16-38(34)40/h1-16,21-28H. The lowest BCUT2D eigenvalue weighted by atomic mass is 9.97. The summed E-state index contributed by atoms with van der Waals surface area (Å²) in [6.07, 6.45) is 3.59. The second-order valence-corrected chi connectivity index (χ2v) is 10.7. The number of nitrogens with zero attached hydrogens (tertiary/aromatic N) is 2. The molecule has 0 fully saturated rings. The average molecular weight is 557 g/mol. The molecule has 44 heavy (non-hydrogen) atoms. The molecule has 2 aromatic heterocycles. The first-order chi connectivity index (χ1) is 21.8. The van der Waals surface area contributed by atoms with E-state index in [2.05, 4.69) is 143 Å². The molecule has 0 radical (unpaired) electrons. The third-order valence-electron chi connectivity index (χ3n) is 7.99. The zero-order chi connectivity index (χ0) is 29.3. The summed E-state index contributed by atoms with van der Waals surface area (Å²) in [5.41, 5.74) is 5.36. The third-order valence-corrected chi connectivity index (χ3v) is 7.99. The first-order valence-electron chi connectivity index (χ1n) is 14.6. The fourth-order valence-electron chi connectivity index (χ4n) is 5.86. The van der Waals surface area contributed by atoms with Crippen molar-refractivity contribution in [1.29, 1.82) is 0 Å².